The highest BCUT2D eigenvalue weighted by molar-refractivity contribution is 7.92. The van der Waals surface area contributed by atoms with E-state index in [0.29, 0.717) is 5.82 Å². The summed E-state index contributed by atoms with van der Waals surface area (Å²) < 4.78 is 44.9. The maximum atomic E-state index is 14.3. The van der Waals surface area contributed by atoms with E-state index in [4.69, 9.17) is 4.52 Å². The molecule has 1 atom stereocenters. The molecule has 1 N–H and O–H groups in total. The predicted octanol–water partition coefficient (Wildman–Crippen LogP) is 2.74. The van der Waals surface area contributed by atoms with Crippen molar-refractivity contribution in [2.45, 2.75) is 25.9 Å². The first-order chi connectivity index (χ1) is 14.3. The van der Waals surface area contributed by atoms with Crippen LogP contribution in [0.4, 0.5) is 10.1 Å². The maximum absolute atomic E-state index is 14.3. The molecule has 10 heteroatoms. The van der Waals surface area contributed by atoms with E-state index in [1.54, 1.807) is 6.92 Å². The number of nitrogens with one attached hydrogen (secondary N) is 1. The first kappa shape index (κ1) is 21.4. The van der Waals surface area contributed by atoms with E-state index in [1.807, 2.05) is 30.3 Å². The average Bonchev–Trinajstić information content (AvgIpc) is 3.20. The lowest BCUT2D eigenvalue weighted by molar-refractivity contribution is -0.122. The second-order valence-corrected chi connectivity index (χ2v) is 8.39. The van der Waals surface area contributed by atoms with Crippen molar-refractivity contribution in [3.05, 3.63) is 66.3 Å². The highest BCUT2D eigenvalue weighted by atomic mass is 32.2. The molecule has 0 saturated carbocycles. The van der Waals surface area contributed by atoms with Crippen LogP contribution in [0.5, 0.6) is 0 Å². The van der Waals surface area contributed by atoms with Gasteiger partial charge in [0.05, 0.1) is 18.5 Å². The molecule has 1 amide bonds. The molecule has 1 aromatic heterocycles. The molecule has 3 rings (SSSR count). The Balaban J connectivity index is 1.77. The molecule has 0 aliphatic heterocycles. The normalized spacial score (nSPS) is 12.4. The number of carbonyl (C=O) groups is 1. The summed E-state index contributed by atoms with van der Waals surface area (Å²) in [5, 5.41) is 6.46. The summed E-state index contributed by atoms with van der Waals surface area (Å²) in [7, 11) is -3.93. The highest BCUT2D eigenvalue weighted by Crippen LogP contribution is 2.25. The molecule has 0 fully saturated rings. The fourth-order valence-corrected chi connectivity index (χ4v) is 4.19. The Bertz CT molecular complexity index is 1120. The molecule has 0 saturated heterocycles. The van der Waals surface area contributed by atoms with Crippen molar-refractivity contribution in [1.82, 2.24) is 15.5 Å². The molecular formula is C20H21FN4O4S. The Morgan fingerprint density at radius 2 is 1.83 bits per heavy atom. The van der Waals surface area contributed by atoms with Crippen molar-refractivity contribution in [3.8, 4) is 11.4 Å². The number of carbonyl (C=O) groups excluding carboxylic acids is 1. The Labute approximate surface area is 173 Å². The number of hydrogen-bond acceptors (Lipinski definition) is 6. The number of amides is 1. The van der Waals surface area contributed by atoms with Gasteiger partial charge in [0, 0.05) is 5.56 Å². The zero-order valence-electron chi connectivity index (χ0n) is 16.4. The summed E-state index contributed by atoms with van der Waals surface area (Å²) in [6, 6.07) is 13.4. The van der Waals surface area contributed by atoms with Gasteiger partial charge in [0.1, 0.15) is 11.9 Å². The van der Waals surface area contributed by atoms with Crippen LogP contribution in [0.1, 0.15) is 19.2 Å². The van der Waals surface area contributed by atoms with Crippen LogP contribution in [-0.2, 0) is 21.4 Å². The van der Waals surface area contributed by atoms with Gasteiger partial charge in [-0.25, -0.2) is 12.8 Å². The topological polar surface area (TPSA) is 105 Å². The molecule has 30 heavy (non-hydrogen) atoms. The van der Waals surface area contributed by atoms with Crippen LogP contribution in [0.25, 0.3) is 11.4 Å². The summed E-state index contributed by atoms with van der Waals surface area (Å²) in [5.41, 5.74) is 0.569. The molecule has 158 valence electrons. The fraction of sp³-hybridized carbons (Fsp3) is 0.250. The third kappa shape index (κ3) is 4.82. The molecule has 0 radical (unpaired) electrons. The summed E-state index contributed by atoms with van der Waals surface area (Å²) in [5.74, 6) is -0.811. The van der Waals surface area contributed by atoms with Gasteiger partial charge >= 0.3 is 0 Å². The Morgan fingerprint density at radius 3 is 2.47 bits per heavy atom. The van der Waals surface area contributed by atoms with E-state index >= 15 is 0 Å². The molecule has 1 unspecified atom stereocenters. The van der Waals surface area contributed by atoms with Crippen LogP contribution in [0, 0.1) is 5.82 Å². The predicted molar refractivity (Wildman–Crippen MR) is 109 cm³/mol. The number of hydrogen-bond donors (Lipinski definition) is 1. The molecule has 0 aliphatic carbocycles. The number of para-hydroxylation sites is 1. The Kier molecular flexibility index (Phi) is 6.46. The van der Waals surface area contributed by atoms with Crippen molar-refractivity contribution in [1.29, 1.82) is 0 Å². The van der Waals surface area contributed by atoms with Gasteiger partial charge in [-0.3, -0.25) is 9.10 Å². The minimum absolute atomic E-state index is 0.0932. The van der Waals surface area contributed by atoms with Crippen LogP contribution < -0.4 is 9.62 Å². The van der Waals surface area contributed by atoms with Gasteiger partial charge in [-0.15, -0.1) is 0 Å². The van der Waals surface area contributed by atoms with Crippen molar-refractivity contribution in [2.24, 2.45) is 0 Å². The molecular weight excluding hydrogens is 411 g/mol. The van der Waals surface area contributed by atoms with E-state index < -0.39 is 27.8 Å². The van der Waals surface area contributed by atoms with Gasteiger partial charge in [0.2, 0.25) is 27.6 Å². The van der Waals surface area contributed by atoms with Crippen LogP contribution in [0.15, 0.2) is 59.1 Å². The quantitative estimate of drug-likeness (QED) is 0.587. The van der Waals surface area contributed by atoms with E-state index in [0.717, 1.165) is 22.2 Å². The van der Waals surface area contributed by atoms with Crippen molar-refractivity contribution in [3.63, 3.8) is 0 Å². The third-order valence-electron chi connectivity index (χ3n) is 4.33. The number of aromatic nitrogens is 2. The summed E-state index contributed by atoms with van der Waals surface area (Å²) in [6.45, 7) is 1.55. The smallest absolute Gasteiger partial charge is 0.246 e. The van der Waals surface area contributed by atoms with Crippen LogP contribution in [-0.4, -0.2) is 36.8 Å². The summed E-state index contributed by atoms with van der Waals surface area (Å²) in [4.78, 5) is 17.0. The van der Waals surface area contributed by atoms with Crippen molar-refractivity contribution in [2.75, 3.05) is 10.6 Å². The van der Waals surface area contributed by atoms with E-state index in [1.165, 1.54) is 18.2 Å². The SMILES string of the molecule is CCC(C(=O)NCc1nc(-c2ccccc2)no1)N(c1ccccc1F)S(C)(=O)=O. The van der Waals surface area contributed by atoms with Crippen molar-refractivity contribution < 1.29 is 22.1 Å². The molecule has 1 heterocycles. The monoisotopic (exact) mass is 432 g/mol. The van der Waals surface area contributed by atoms with Gasteiger partial charge in [0.25, 0.3) is 0 Å². The molecule has 0 bridgehead atoms. The standard InChI is InChI=1S/C20H21FN4O4S/c1-3-16(25(30(2,27)28)17-12-8-7-11-15(17)21)20(26)22-13-18-23-19(24-29-18)14-9-5-4-6-10-14/h4-12,16H,3,13H2,1-2H3,(H,22,26). The van der Waals surface area contributed by atoms with Gasteiger partial charge in [-0.1, -0.05) is 54.5 Å². The number of nitrogens with zero attached hydrogens (tertiary/aromatic N) is 3. The first-order valence-electron chi connectivity index (χ1n) is 9.21. The number of sulfonamides is 1. The van der Waals surface area contributed by atoms with Gasteiger partial charge < -0.3 is 9.84 Å². The molecule has 0 aliphatic rings. The molecule has 8 nitrogen and oxygen atoms in total. The van der Waals surface area contributed by atoms with Gasteiger partial charge in [-0.2, -0.15) is 4.98 Å². The summed E-state index contributed by atoms with van der Waals surface area (Å²) >= 11 is 0. The van der Waals surface area contributed by atoms with Crippen LogP contribution >= 0.6 is 0 Å². The van der Waals surface area contributed by atoms with Crippen LogP contribution in [0.2, 0.25) is 0 Å². The lowest BCUT2D eigenvalue weighted by atomic mass is 10.2. The van der Waals surface area contributed by atoms with Gasteiger partial charge in [0.15, 0.2) is 0 Å². The molecule has 2 aromatic carbocycles. The maximum Gasteiger partial charge on any atom is 0.246 e. The van der Waals surface area contributed by atoms with Crippen LogP contribution in [0.3, 0.4) is 0 Å². The number of halogens is 1. The zero-order chi connectivity index (χ0) is 21.7. The number of benzene rings is 2. The fourth-order valence-electron chi connectivity index (χ4n) is 2.98. The van der Waals surface area contributed by atoms with Crippen molar-refractivity contribution >= 4 is 21.6 Å². The average molecular weight is 432 g/mol. The van der Waals surface area contributed by atoms with E-state index in [-0.39, 0.29) is 24.5 Å². The lowest BCUT2D eigenvalue weighted by Gasteiger charge is -2.30. The minimum Gasteiger partial charge on any atom is -0.345 e. The Hall–Kier alpha value is -3.27. The zero-order valence-corrected chi connectivity index (χ0v) is 17.3. The van der Waals surface area contributed by atoms with Gasteiger partial charge in [-0.05, 0) is 18.6 Å². The lowest BCUT2D eigenvalue weighted by Crippen LogP contribution is -2.49. The second-order valence-electron chi connectivity index (χ2n) is 6.53. The largest absolute Gasteiger partial charge is 0.345 e. The third-order valence-corrected chi connectivity index (χ3v) is 5.50. The first-order valence-corrected chi connectivity index (χ1v) is 11.1. The Morgan fingerprint density at radius 1 is 1.17 bits per heavy atom. The molecule has 3 aromatic rings. The summed E-state index contributed by atoms with van der Waals surface area (Å²) in [6.07, 6.45) is 1.06. The minimum atomic E-state index is -3.93. The molecule has 0 spiro atoms. The number of rotatable bonds is 8. The van der Waals surface area contributed by atoms with E-state index in [9.17, 15) is 17.6 Å². The highest BCUT2D eigenvalue weighted by Gasteiger charge is 2.33. The number of anilines is 1. The van der Waals surface area contributed by atoms with E-state index in [2.05, 4.69) is 15.5 Å². The second kappa shape index (κ2) is 9.04.